The zero-order valence-electron chi connectivity index (χ0n) is 11.0. The Labute approximate surface area is 99.5 Å². The standard InChI is InChI=1S/C14H24N2/c1-11-5-6-12(2)14(9-11)10-16(4)13(3)7-8-15/h5-6,9,13H,7-8,10,15H2,1-4H3. The van der Waals surface area contributed by atoms with Crippen LogP contribution in [0, 0.1) is 13.8 Å². The molecule has 0 aromatic heterocycles. The molecule has 0 saturated carbocycles. The molecule has 0 fully saturated rings. The molecule has 0 bridgehead atoms. The van der Waals surface area contributed by atoms with Crippen molar-refractivity contribution in [1.82, 2.24) is 4.90 Å². The molecule has 0 aliphatic rings. The molecule has 16 heavy (non-hydrogen) atoms. The summed E-state index contributed by atoms with van der Waals surface area (Å²) in [7, 11) is 2.17. The molecule has 2 N–H and O–H groups in total. The van der Waals surface area contributed by atoms with Crippen LogP contribution in [0.25, 0.3) is 0 Å². The lowest BCUT2D eigenvalue weighted by molar-refractivity contribution is 0.240. The zero-order valence-corrected chi connectivity index (χ0v) is 11.0. The summed E-state index contributed by atoms with van der Waals surface area (Å²) < 4.78 is 0. The maximum atomic E-state index is 5.59. The van der Waals surface area contributed by atoms with Crippen LogP contribution in [-0.2, 0) is 6.54 Å². The maximum absolute atomic E-state index is 5.59. The Morgan fingerprint density at radius 3 is 2.62 bits per heavy atom. The lowest BCUT2D eigenvalue weighted by atomic mass is 10.0. The highest BCUT2D eigenvalue weighted by Gasteiger charge is 2.09. The minimum atomic E-state index is 0.546. The topological polar surface area (TPSA) is 29.3 Å². The van der Waals surface area contributed by atoms with Gasteiger partial charge in [-0.15, -0.1) is 0 Å². The number of hydrogen-bond acceptors (Lipinski definition) is 2. The fourth-order valence-corrected chi connectivity index (χ4v) is 1.86. The quantitative estimate of drug-likeness (QED) is 0.826. The summed E-state index contributed by atoms with van der Waals surface area (Å²) in [5, 5.41) is 0. The Morgan fingerprint density at radius 1 is 1.31 bits per heavy atom. The van der Waals surface area contributed by atoms with Gasteiger partial charge in [0.25, 0.3) is 0 Å². The maximum Gasteiger partial charge on any atom is 0.0236 e. The van der Waals surface area contributed by atoms with Crippen LogP contribution in [0.15, 0.2) is 18.2 Å². The highest BCUT2D eigenvalue weighted by atomic mass is 15.1. The first-order valence-corrected chi connectivity index (χ1v) is 6.01. The first kappa shape index (κ1) is 13.2. The third-order valence-electron chi connectivity index (χ3n) is 3.26. The summed E-state index contributed by atoms with van der Waals surface area (Å²) in [6.07, 6.45) is 1.06. The second-order valence-corrected chi connectivity index (χ2v) is 4.77. The van der Waals surface area contributed by atoms with Gasteiger partial charge in [-0.3, -0.25) is 4.90 Å². The van der Waals surface area contributed by atoms with Gasteiger partial charge in [-0.2, -0.15) is 0 Å². The van der Waals surface area contributed by atoms with Crippen LogP contribution < -0.4 is 5.73 Å². The molecule has 0 saturated heterocycles. The van der Waals surface area contributed by atoms with E-state index in [1.807, 2.05) is 0 Å². The Hall–Kier alpha value is -0.860. The molecule has 1 rings (SSSR count). The molecular weight excluding hydrogens is 196 g/mol. The minimum absolute atomic E-state index is 0.546. The van der Waals surface area contributed by atoms with E-state index in [9.17, 15) is 0 Å². The van der Waals surface area contributed by atoms with Crippen molar-refractivity contribution in [2.45, 2.75) is 39.8 Å². The summed E-state index contributed by atoms with van der Waals surface area (Å²) in [6, 6.07) is 7.19. The first-order chi connectivity index (χ1) is 7.54. The van der Waals surface area contributed by atoms with Crippen molar-refractivity contribution in [3.05, 3.63) is 34.9 Å². The summed E-state index contributed by atoms with van der Waals surface area (Å²) in [4.78, 5) is 2.37. The third-order valence-corrected chi connectivity index (χ3v) is 3.26. The molecule has 1 aromatic rings. The molecule has 1 atom stereocenters. The monoisotopic (exact) mass is 220 g/mol. The number of nitrogens with two attached hydrogens (primary N) is 1. The molecule has 2 nitrogen and oxygen atoms in total. The van der Waals surface area contributed by atoms with E-state index in [1.165, 1.54) is 16.7 Å². The highest BCUT2D eigenvalue weighted by molar-refractivity contribution is 5.30. The van der Waals surface area contributed by atoms with Gasteiger partial charge < -0.3 is 5.73 Å². The van der Waals surface area contributed by atoms with Crippen LogP contribution in [0.2, 0.25) is 0 Å². The normalized spacial score (nSPS) is 13.1. The van der Waals surface area contributed by atoms with Gasteiger partial charge >= 0.3 is 0 Å². The third kappa shape index (κ3) is 3.62. The Balaban J connectivity index is 2.68. The SMILES string of the molecule is Cc1ccc(C)c(CN(C)C(C)CCN)c1. The predicted molar refractivity (Wildman–Crippen MR) is 70.5 cm³/mol. The van der Waals surface area contributed by atoms with Crippen molar-refractivity contribution >= 4 is 0 Å². The van der Waals surface area contributed by atoms with E-state index in [-0.39, 0.29) is 0 Å². The van der Waals surface area contributed by atoms with Gasteiger partial charge in [-0.1, -0.05) is 23.8 Å². The number of hydrogen-bond donors (Lipinski definition) is 1. The van der Waals surface area contributed by atoms with E-state index in [0.29, 0.717) is 6.04 Å². The van der Waals surface area contributed by atoms with E-state index in [0.717, 1.165) is 19.5 Å². The Bertz CT molecular complexity index is 334. The molecular formula is C14H24N2. The number of aryl methyl sites for hydroxylation is 2. The van der Waals surface area contributed by atoms with E-state index >= 15 is 0 Å². The van der Waals surface area contributed by atoms with Gasteiger partial charge in [0.1, 0.15) is 0 Å². The van der Waals surface area contributed by atoms with Gasteiger partial charge in [0, 0.05) is 12.6 Å². The van der Waals surface area contributed by atoms with E-state index in [4.69, 9.17) is 5.73 Å². The average Bonchev–Trinajstić information content (AvgIpc) is 2.23. The molecule has 0 radical (unpaired) electrons. The van der Waals surface area contributed by atoms with Gasteiger partial charge in [0.15, 0.2) is 0 Å². The second-order valence-electron chi connectivity index (χ2n) is 4.77. The van der Waals surface area contributed by atoms with Gasteiger partial charge in [-0.05, 0) is 51.9 Å². The summed E-state index contributed by atoms with van der Waals surface area (Å²) in [5.74, 6) is 0. The van der Waals surface area contributed by atoms with Crippen LogP contribution in [-0.4, -0.2) is 24.5 Å². The molecule has 2 heteroatoms. The van der Waals surface area contributed by atoms with Crippen LogP contribution in [0.1, 0.15) is 30.0 Å². The molecule has 0 aliphatic carbocycles. The van der Waals surface area contributed by atoms with Crippen molar-refractivity contribution in [3.8, 4) is 0 Å². The largest absolute Gasteiger partial charge is 0.330 e. The van der Waals surface area contributed by atoms with Crippen molar-refractivity contribution < 1.29 is 0 Å². The van der Waals surface area contributed by atoms with Crippen LogP contribution >= 0.6 is 0 Å². The average molecular weight is 220 g/mol. The Kier molecular flexibility index (Phi) is 4.97. The molecule has 0 heterocycles. The predicted octanol–water partition coefficient (Wildman–Crippen LogP) is 2.47. The molecule has 0 spiro atoms. The summed E-state index contributed by atoms with van der Waals surface area (Å²) in [5.41, 5.74) is 9.72. The first-order valence-electron chi connectivity index (χ1n) is 6.01. The van der Waals surface area contributed by atoms with Crippen molar-refractivity contribution in [2.75, 3.05) is 13.6 Å². The van der Waals surface area contributed by atoms with Crippen LogP contribution in [0.4, 0.5) is 0 Å². The van der Waals surface area contributed by atoms with Gasteiger partial charge in [0.05, 0.1) is 0 Å². The van der Waals surface area contributed by atoms with E-state index in [2.05, 4.69) is 50.9 Å². The van der Waals surface area contributed by atoms with Crippen molar-refractivity contribution in [2.24, 2.45) is 5.73 Å². The number of nitrogens with zero attached hydrogens (tertiary/aromatic N) is 1. The van der Waals surface area contributed by atoms with Crippen LogP contribution in [0.3, 0.4) is 0 Å². The van der Waals surface area contributed by atoms with Crippen LogP contribution in [0.5, 0.6) is 0 Å². The molecule has 1 aromatic carbocycles. The lowest BCUT2D eigenvalue weighted by Gasteiger charge is -2.25. The lowest BCUT2D eigenvalue weighted by Crippen LogP contribution is -2.30. The molecule has 0 amide bonds. The second kappa shape index (κ2) is 6.02. The minimum Gasteiger partial charge on any atom is -0.330 e. The van der Waals surface area contributed by atoms with E-state index in [1.54, 1.807) is 0 Å². The van der Waals surface area contributed by atoms with E-state index < -0.39 is 0 Å². The molecule has 1 unspecified atom stereocenters. The number of benzene rings is 1. The Morgan fingerprint density at radius 2 is 2.00 bits per heavy atom. The van der Waals surface area contributed by atoms with Gasteiger partial charge in [-0.25, -0.2) is 0 Å². The number of rotatable bonds is 5. The smallest absolute Gasteiger partial charge is 0.0236 e. The molecule has 90 valence electrons. The van der Waals surface area contributed by atoms with Crippen molar-refractivity contribution in [3.63, 3.8) is 0 Å². The zero-order chi connectivity index (χ0) is 12.1. The highest BCUT2D eigenvalue weighted by Crippen LogP contribution is 2.14. The fraction of sp³-hybridized carbons (Fsp3) is 0.571. The summed E-state index contributed by atoms with van der Waals surface area (Å²) in [6.45, 7) is 8.33. The van der Waals surface area contributed by atoms with Crippen molar-refractivity contribution in [1.29, 1.82) is 0 Å². The van der Waals surface area contributed by atoms with Gasteiger partial charge in [0.2, 0.25) is 0 Å². The summed E-state index contributed by atoms with van der Waals surface area (Å²) >= 11 is 0. The molecule has 0 aliphatic heterocycles. The fourth-order valence-electron chi connectivity index (χ4n) is 1.86.